The summed E-state index contributed by atoms with van der Waals surface area (Å²) in [7, 11) is 3.23. The van der Waals surface area contributed by atoms with Crippen LogP contribution in [0.5, 0.6) is 11.5 Å². The Morgan fingerprint density at radius 3 is 2.72 bits per heavy atom. The summed E-state index contributed by atoms with van der Waals surface area (Å²) in [6, 6.07) is 10.2. The Hall–Kier alpha value is -3.13. The zero-order valence-electron chi connectivity index (χ0n) is 16.8. The SMILES string of the molecule is COc1ccc([C@@H]2CCCN2CC(=O)Nc2cc([N+](=O)[O-])ccc2C)c(OC)c1. The van der Waals surface area contributed by atoms with Gasteiger partial charge in [0, 0.05) is 29.8 Å². The molecule has 0 radical (unpaired) electrons. The second-order valence-electron chi connectivity index (χ2n) is 7.04. The molecule has 0 aliphatic carbocycles. The van der Waals surface area contributed by atoms with Gasteiger partial charge in [0.15, 0.2) is 0 Å². The van der Waals surface area contributed by atoms with Gasteiger partial charge in [-0.1, -0.05) is 12.1 Å². The molecule has 29 heavy (non-hydrogen) atoms. The van der Waals surface area contributed by atoms with Crippen LogP contribution in [0.1, 0.15) is 30.0 Å². The lowest BCUT2D eigenvalue weighted by Gasteiger charge is -2.26. The number of ether oxygens (including phenoxy) is 2. The van der Waals surface area contributed by atoms with Crippen LogP contribution in [0.2, 0.25) is 0 Å². The number of anilines is 1. The number of rotatable bonds is 7. The highest BCUT2D eigenvalue weighted by atomic mass is 16.6. The number of carbonyl (C=O) groups excluding carboxylic acids is 1. The minimum absolute atomic E-state index is 0.0482. The molecule has 0 saturated carbocycles. The molecule has 0 spiro atoms. The van der Waals surface area contributed by atoms with E-state index in [-0.39, 0.29) is 24.2 Å². The van der Waals surface area contributed by atoms with Gasteiger partial charge in [-0.15, -0.1) is 0 Å². The van der Waals surface area contributed by atoms with Crippen LogP contribution in [-0.2, 0) is 4.79 Å². The maximum atomic E-state index is 12.7. The smallest absolute Gasteiger partial charge is 0.271 e. The third-order valence-corrected chi connectivity index (χ3v) is 5.22. The van der Waals surface area contributed by atoms with Gasteiger partial charge in [0.2, 0.25) is 5.91 Å². The molecule has 0 aromatic heterocycles. The van der Waals surface area contributed by atoms with E-state index in [0.29, 0.717) is 11.4 Å². The third kappa shape index (κ3) is 4.65. The average molecular weight is 399 g/mol. The zero-order chi connectivity index (χ0) is 21.0. The van der Waals surface area contributed by atoms with E-state index >= 15 is 0 Å². The summed E-state index contributed by atoms with van der Waals surface area (Å²) in [5.74, 6) is 1.25. The van der Waals surface area contributed by atoms with Gasteiger partial charge in [0.05, 0.1) is 31.4 Å². The molecule has 154 valence electrons. The lowest BCUT2D eigenvalue weighted by molar-refractivity contribution is -0.384. The number of benzene rings is 2. The minimum atomic E-state index is -0.471. The number of likely N-dealkylation sites (tertiary alicyclic amines) is 1. The molecule has 1 fully saturated rings. The number of nitrogens with zero attached hydrogens (tertiary/aromatic N) is 2. The van der Waals surface area contributed by atoms with Crippen LogP contribution in [-0.4, -0.2) is 43.0 Å². The first kappa shape index (κ1) is 20.6. The van der Waals surface area contributed by atoms with Crippen molar-refractivity contribution in [1.82, 2.24) is 4.90 Å². The van der Waals surface area contributed by atoms with E-state index in [1.165, 1.54) is 12.1 Å². The van der Waals surface area contributed by atoms with Gasteiger partial charge in [-0.05, 0) is 37.9 Å². The molecule has 1 amide bonds. The summed E-state index contributed by atoms with van der Waals surface area (Å²) in [6.45, 7) is 2.80. The molecule has 0 bridgehead atoms. The molecule has 1 aliphatic rings. The highest BCUT2D eigenvalue weighted by molar-refractivity contribution is 5.93. The molecule has 1 N–H and O–H groups in total. The fourth-order valence-corrected chi connectivity index (χ4v) is 3.69. The highest BCUT2D eigenvalue weighted by Crippen LogP contribution is 2.38. The molecule has 1 saturated heterocycles. The lowest BCUT2D eigenvalue weighted by Crippen LogP contribution is -2.33. The predicted octanol–water partition coefficient (Wildman–Crippen LogP) is 3.70. The summed E-state index contributed by atoms with van der Waals surface area (Å²) < 4.78 is 10.8. The van der Waals surface area contributed by atoms with E-state index in [9.17, 15) is 14.9 Å². The number of nitro benzene ring substituents is 1. The number of methoxy groups -OCH3 is 2. The van der Waals surface area contributed by atoms with Gasteiger partial charge in [-0.25, -0.2) is 0 Å². The average Bonchev–Trinajstić information content (AvgIpc) is 3.16. The molecule has 8 nitrogen and oxygen atoms in total. The Morgan fingerprint density at radius 1 is 1.24 bits per heavy atom. The number of nitro groups is 1. The van der Waals surface area contributed by atoms with Gasteiger partial charge in [0.1, 0.15) is 11.5 Å². The molecule has 1 heterocycles. The monoisotopic (exact) mass is 399 g/mol. The maximum absolute atomic E-state index is 12.7. The second kappa shape index (κ2) is 8.91. The Kier molecular flexibility index (Phi) is 6.33. The summed E-state index contributed by atoms with van der Waals surface area (Å²) in [5.41, 5.74) is 2.21. The molecular formula is C21H25N3O5. The number of hydrogen-bond donors (Lipinski definition) is 1. The molecule has 2 aromatic rings. The molecule has 3 rings (SSSR count). The quantitative estimate of drug-likeness (QED) is 0.564. The first-order valence-electron chi connectivity index (χ1n) is 9.43. The first-order valence-corrected chi connectivity index (χ1v) is 9.43. The molecule has 0 unspecified atom stereocenters. The Labute approximate surface area is 169 Å². The van der Waals surface area contributed by atoms with Gasteiger partial charge < -0.3 is 14.8 Å². The molecule has 8 heteroatoms. The van der Waals surface area contributed by atoms with Crippen molar-refractivity contribution >= 4 is 17.3 Å². The van der Waals surface area contributed by atoms with Crippen molar-refractivity contribution in [3.63, 3.8) is 0 Å². The van der Waals surface area contributed by atoms with Crippen LogP contribution in [0.3, 0.4) is 0 Å². The van der Waals surface area contributed by atoms with Gasteiger partial charge >= 0.3 is 0 Å². The van der Waals surface area contributed by atoms with Crippen molar-refractivity contribution in [2.75, 3.05) is 32.6 Å². The van der Waals surface area contributed by atoms with E-state index < -0.39 is 4.92 Å². The van der Waals surface area contributed by atoms with E-state index in [1.807, 2.05) is 18.2 Å². The topological polar surface area (TPSA) is 93.9 Å². The Balaban J connectivity index is 1.74. The summed E-state index contributed by atoms with van der Waals surface area (Å²) >= 11 is 0. The van der Waals surface area contributed by atoms with Crippen molar-refractivity contribution in [1.29, 1.82) is 0 Å². The number of carbonyl (C=O) groups is 1. The summed E-state index contributed by atoms with van der Waals surface area (Å²) in [6.07, 6.45) is 1.90. The van der Waals surface area contributed by atoms with Crippen molar-refractivity contribution in [2.24, 2.45) is 0 Å². The first-order chi connectivity index (χ1) is 13.9. The number of amides is 1. The fraction of sp³-hybridized carbons (Fsp3) is 0.381. The predicted molar refractivity (Wildman–Crippen MR) is 110 cm³/mol. The van der Waals surface area contributed by atoms with Crippen molar-refractivity contribution < 1.29 is 19.2 Å². The van der Waals surface area contributed by atoms with Crippen molar-refractivity contribution in [3.8, 4) is 11.5 Å². The van der Waals surface area contributed by atoms with E-state index in [0.717, 1.165) is 36.3 Å². The van der Waals surface area contributed by atoms with E-state index in [4.69, 9.17) is 9.47 Å². The van der Waals surface area contributed by atoms with Crippen LogP contribution >= 0.6 is 0 Å². The molecule has 2 aromatic carbocycles. The normalized spacial score (nSPS) is 16.4. The summed E-state index contributed by atoms with van der Waals surface area (Å²) in [5, 5.41) is 13.8. The van der Waals surface area contributed by atoms with Gasteiger partial charge in [-0.2, -0.15) is 0 Å². The van der Waals surface area contributed by atoms with Gasteiger partial charge in [0.25, 0.3) is 5.69 Å². The third-order valence-electron chi connectivity index (χ3n) is 5.22. The maximum Gasteiger partial charge on any atom is 0.271 e. The van der Waals surface area contributed by atoms with E-state index in [2.05, 4.69) is 10.2 Å². The molecule has 1 atom stereocenters. The largest absolute Gasteiger partial charge is 0.497 e. The van der Waals surface area contributed by atoms with Crippen molar-refractivity contribution in [3.05, 3.63) is 57.6 Å². The van der Waals surface area contributed by atoms with Crippen LogP contribution in [0, 0.1) is 17.0 Å². The highest BCUT2D eigenvalue weighted by Gasteiger charge is 2.30. The van der Waals surface area contributed by atoms with Crippen LogP contribution in [0.25, 0.3) is 0 Å². The zero-order valence-corrected chi connectivity index (χ0v) is 16.8. The molecular weight excluding hydrogens is 374 g/mol. The fourth-order valence-electron chi connectivity index (χ4n) is 3.69. The summed E-state index contributed by atoms with van der Waals surface area (Å²) in [4.78, 5) is 25.3. The number of aryl methyl sites for hydroxylation is 1. The van der Waals surface area contributed by atoms with E-state index in [1.54, 1.807) is 27.2 Å². The lowest BCUT2D eigenvalue weighted by atomic mass is 10.0. The van der Waals surface area contributed by atoms with Crippen molar-refractivity contribution in [2.45, 2.75) is 25.8 Å². The Morgan fingerprint density at radius 2 is 2.03 bits per heavy atom. The van der Waals surface area contributed by atoms with Crippen LogP contribution in [0.4, 0.5) is 11.4 Å². The standard InChI is InChI=1S/C21H25N3O5/c1-14-6-7-15(24(26)27)11-18(14)22-21(25)13-23-10-4-5-19(23)17-9-8-16(28-2)12-20(17)29-3/h6-9,11-12,19H,4-5,10,13H2,1-3H3,(H,22,25)/t19-/m0/s1. The Bertz CT molecular complexity index is 915. The second-order valence-corrected chi connectivity index (χ2v) is 7.04. The number of hydrogen-bond acceptors (Lipinski definition) is 6. The minimum Gasteiger partial charge on any atom is -0.497 e. The van der Waals surface area contributed by atoms with Gasteiger partial charge in [-0.3, -0.25) is 19.8 Å². The number of non-ortho nitro benzene ring substituents is 1. The molecule has 1 aliphatic heterocycles. The number of nitrogens with one attached hydrogen (secondary N) is 1. The van der Waals surface area contributed by atoms with Crippen LogP contribution < -0.4 is 14.8 Å². The van der Waals surface area contributed by atoms with Crippen LogP contribution in [0.15, 0.2) is 36.4 Å².